The minimum absolute atomic E-state index is 0.347. The Hall–Kier alpha value is -3.28. The predicted octanol–water partition coefficient (Wildman–Crippen LogP) is 3.60. The Morgan fingerprint density at radius 3 is 2.57 bits per heavy atom. The summed E-state index contributed by atoms with van der Waals surface area (Å²) in [5.74, 6) is -1.12. The number of nitrogens with zero attached hydrogens (tertiary/aromatic N) is 3. The van der Waals surface area contributed by atoms with E-state index in [-0.39, 0.29) is 5.90 Å². The van der Waals surface area contributed by atoms with Crippen LogP contribution in [0.2, 0.25) is 0 Å². The lowest BCUT2D eigenvalue weighted by Crippen LogP contribution is -2.60. The van der Waals surface area contributed by atoms with Crippen molar-refractivity contribution in [2.24, 2.45) is 16.7 Å². The van der Waals surface area contributed by atoms with Gasteiger partial charge in [-0.2, -0.15) is 15.8 Å². The van der Waals surface area contributed by atoms with Gasteiger partial charge in [-0.25, -0.2) is 0 Å². The lowest BCUT2D eigenvalue weighted by Gasteiger charge is -2.51. The molecule has 3 fully saturated rings. The number of nitriles is 3. The number of nitrogens with one attached hydrogen (secondary N) is 1. The monoisotopic (exact) mass is 406 g/mol. The fourth-order valence-corrected chi connectivity index (χ4v) is 5.28. The van der Waals surface area contributed by atoms with Gasteiger partial charge >= 0.3 is 0 Å². The van der Waals surface area contributed by atoms with Gasteiger partial charge in [-0.05, 0) is 37.5 Å². The van der Waals surface area contributed by atoms with E-state index in [1.54, 1.807) is 18.2 Å². The molecule has 3 aliphatic rings. The van der Waals surface area contributed by atoms with E-state index >= 15 is 0 Å². The Labute approximate surface area is 175 Å². The third-order valence-corrected chi connectivity index (χ3v) is 6.61. The molecule has 8 nitrogen and oxygen atoms in total. The van der Waals surface area contributed by atoms with Crippen LogP contribution in [0.1, 0.15) is 44.3 Å². The summed E-state index contributed by atoms with van der Waals surface area (Å²) >= 11 is 0. The van der Waals surface area contributed by atoms with E-state index in [9.17, 15) is 15.8 Å². The summed E-state index contributed by atoms with van der Waals surface area (Å²) in [7, 11) is 1.50. The summed E-state index contributed by atoms with van der Waals surface area (Å²) in [6.07, 6.45) is 1.61. The van der Waals surface area contributed by atoms with Crippen molar-refractivity contribution in [2.75, 3.05) is 13.7 Å². The summed E-state index contributed by atoms with van der Waals surface area (Å²) in [6, 6.07) is 11.4. The molecule has 154 valence electrons. The molecule has 0 aromatic heterocycles. The third kappa shape index (κ3) is 2.24. The molecule has 0 radical (unpaired) electrons. The molecule has 2 bridgehead atoms. The number of rotatable bonds is 4. The van der Waals surface area contributed by atoms with Crippen molar-refractivity contribution < 1.29 is 18.9 Å². The molecule has 2 saturated heterocycles. The van der Waals surface area contributed by atoms with E-state index in [0.29, 0.717) is 36.5 Å². The minimum atomic E-state index is -1.95. The molecule has 2 aliphatic heterocycles. The molecule has 4 atom stereocenters. The molecule has 0 amide bonds. The molecular weight excluding hydrogens is 384 g/mol. The Balaban J connectivity index is 1.94. The molecule has 1 aromatic carbocycles. The van der Waals surface area contributed by atoms with Gasteiger partial charge in [0.15, 0.2) is 16.9 Å². The fourth-order valence-electron chi connectivity index (χ4n) is 5.28. The Kier molecular flexibility index (Phi) is 4.60. The van der Waals surface area contributed by atoms with Crippen LogP contribution in [0, 0.1) is 56.2 Å². The van der Waals surface area contributed by atoms with Crippen molar-refractivity contribution in [3.05, 3.63) is 23.8 Å². The van der Waals surface area contributed by atoms with Gasteiger partial charge in [-0.3, -0.25) is 5.41 Å². The van der Waals surface area contributed by atoms with E-state index in [4.69, 9.17) is 24.4 Å². The number of methoxy groups -OCH3 is 1. The zero-order valence-electron chi connectivity index (χ0n) is 16.9. The number of hydrogen-bond donors (Lipinski definition) is 1. The first-order valence-corrected chi connectivity index (χ1v) is 9.99. The number of ether oxygens (including phenoxy) is 4. The van der Waals surface area contributed by atoms with Crippen molar-refractivity contribution in [3.63, 3.8) is 0 Å². The van der Waals surface area contributed by atoms with Gasteiger partial charge in [0.05, 0.1) is 37.8 Å². The van der Waals surface area contributed by atoms with Crippen LogP contribution in [-0.4, -0.2) is 25.4 Å². The first-order valence-electron chi connectivity index (χ1n) is 9.99. The predicted molar refractivity (Wildman–Crippen MR) is 103 cm³/mol. The van der Waals surface area contributed by atoms with Crippen LogP contribution in [0.25, 0.3) is 0 Å². The van der Waals surface area contributed by atoms with Crippen LogP contribution in [0.3, 0.4) is 0 Å². The van der Waals surface area contributed by atoms with Crippen molar-refractivity contribution in [2.45, 2.75) is 44.5 Å². The van der Waals surface area contributed by atoms with Crippen molar-refractivity contribution in [1.29, 1.82) is 21.2 Å². The highest BCUT2D eigenvalue weighted by Crippen LogP contribution is 2.69. The summed E-state index contributed by atoms with van der Waals surface area (Å²) < 4.78 is 23.3. The van der Waals surface area contributed by atoms with Gasteiger partial charge in [0.25, 0.3) is 0 Å². The van der Waals surface area contributed by atoms with Crippen LogP contribution in [0.5, 0.6) is 11.5 Å². The van der Waals surface area contributed by atoms with Gasteiger partial charge < -0.3 is 18.9 Å². The smallest absolute Gasteiger partial charge is 0.217 e. The summed E-state index contributed by atoms with van der Waals surface area (Å²) in [5.41, 5.74) is -3.15. The highest BCUT2D eigenvalue weighted by Gasteiger charge is 2.80. The van der Waals surface area contributed by atoms with Gasteiger partial charge in [0, 0.05) is 6.42 Å². The standard InChI is InChI=1S/C22H22N4O4/c1-3-28-15-8-7-14(10-16(15)27-2)18-20(11-23,12-24)21(13-25)17-6-4-5-9-22(17,29-18)30-19(21)26/h7-8,10,17-18,26H,3-6,9H2,1-2H3/t17-,18-,21+,22+/m1/s1. The molecule has 1 saturated carbocycles. The van der Waals surface area contributed by atoms with E-state index in [2.05, 4.69) is 18.2 Å². The lowest BCUT2D eigenvalue weighted by molar-refractivity contribution is -0.294. The van der Waals surface area contributed by atoms with Crippen LogP contribution in [-0.2, 0) is 9.47 Å². The molecule has 4 rings (SSSR count). The van der Waals surface area contributed by atoms with Crippen LogP contribution < -0.4 is 9.47 Å². The third-order valence-electron chi connectivity index (χ3n) is 6.61. The first kappa shape index (κ1) is 20.0. The average Bonchev–Trinajstić information content (AvgIpc) is 2.98. The molecular formula is C22H22N4O4. The van der Waals surface area contributed by atoms with E-state index in [1.165, 1.54) is 7.11 Å². The second-order valence-electron chi connectivity index (χ2n) is 7.83. The molecule has 1 aliphatic carbocycles. The van der Waals surface area contributed by atoms with E-state index < -0.39 is 28.6 Å². The number of hydrogen-bond acceptors (Lipinski definition) is 8. The quantitative estimate of drug-likeness (QED) is 0.807. The SMILES string of the molecule is CCOc1ccc([C@H]2O[C@]34CCCC[C@@H]3[C@@](C#N)(C(=N)O4)C2(C#N)C#N)cc1OC. The Morgan fingerprint density at radius 2 is 1.93 bits per heavy atom. The summed E-state index contributed by atoms with van der Waals surface area (Å²) in [5, 5.41) is 39.3. The van der Waals surface area contributed by atoms with E-state index in [1.807, 2.05) is 6.92 Å². The highest BCUT2D eigenvalue weighted by molar-refractivity contribution is 5.89. The highest BCUT2D eigenvalue weighted by atomic mass is 16.7. The van der Waals surface area contributed by atoms with Crippen molar-refractivity contribution >= 4 is 5.90 Å². The molecule has 1 N–H and O–H groups in total. The first-order chi connectivity index (χ1) is 14.5. The Morgan fingerprint density at radius 1 is 1.17 bits per heavy atom. The zero-order chi connectivity index (χ0) is 21.6. The maximum Gasteiger partial charge on any atom is 0.217 e. The molecule has 8 heteroatoms. The molecule has 2 heterocycles. The van der Waals surface area contributed by atoms with Gasteiger partial charge in [0.2, 0.25) is 17.1 Å². The largest absolute Gasteiger partial charge is 0.493 e. The van der Waals surface area contributed by atoms with Gasteiger partial charge in [-0.1, -0.05) is 12.5 Å². The zero-order valence-corrected chi connectivity index (χ0v) is 16.9. The molecule has 30 heavy (non-hydrogen) atoms. The van der Waals surface area contributed by atoms with E-state index in [0.717, 1.165) is 12.8 Å². The van der Waals surface area contributed by atoms with Crippen LogP contribution >= 0.6 is 0 Å². The summed E-state index contributed by atoms with van der Waals surface area (Å²) in [6.45, 7) is 2.30. The molecule has 1 aromatic rings. The van der Waals surface area contributed by atoms with Gasteiger partial charge in [0.1, 0.15) is 6.10 Å². The fraction of sp³-hybridized carbons (Fsp3) is 0.545. The van der Waals surface area contributed by atoms with Crippen LogP contribution in [0.4, 0.5) is 0 Å². The average molecular weight is 406 g/mol. The maximum atomic E-state index is 10.3. The van der Waals surface area contributed by atoms with Crippen molar-refractivity contribution in [3.8, 4) is 29.7 Å². The second-order valence-corrected chi connectivity index (χ2v) is 7.83. The topological polar surface area (TPSA) is 132 Å². The number of benzene rings is 1. The normalized spacial score (nSPS) is 33.2. The second kappa shape index (κ2) is 6.90. The Bertz CT molecular complexity index is 1010. The minimum Gasteiger partial charge on any atom is -0.493 e. The molecule has 0 unspecified atom stereocenters. The summed E-state index contributed by atoms with van der Waals surface area (Å²) in [4.78, 5) is 0. The van der Waals surface area contributed by atoms with Crippen LogP contribution in [0.15, 0.2) is 18.2 Å². The van der Waals surface area contributed by atoms with Crippen molar-refractivity contribution in [1.82, 2.24) is 0 Å². The lowest BCUT2D eigenvalue weighted by atomic mass is 9.51. The maximum absolute atomic E-state index is 10.3. The van der Waals surface area contributed by atoms with Gasteiger partial charge in [-0.15, -0.1) is 0 Å². The molecule has 0 spiro atoms.